The van der Waals surface area contributed by atoms with Gasteiger partial charge in [-0.05, 0) is 48.9 Å². The number of aryl methyl sites for hydroxylation is 1. The van der Waals surface area contributed by atoms with E-state index in [-0.39, 0.29) is 17.1 Å². The predicted octanol–water partition coefficient (Wildman–Crippen LogP) is 3.77. The van der Waals surface area contributed by atoms with Crippen molar-refractivity contribution in [3.63, 3.8) is 0 Å². The molecule has 0 aliphatic rings. The molecule has 0 aliphatic carbocycles. The van der Waals surface area contributed by atoms with Crippen molar-refractivity contribution in [2.45, 2.75) is 30.0 Å². The Labute approximate surface area is 186 Å². The van der Waals surface area contributed by atoms with Gasteiger partial charge in [-0.3, -0.25) is 9.59 Å². The summed E-state index contributed by atoms with van der Waals surface area (Å²) in [4.78, 5) is 29.6. The molecule has 2 aromatic carbocycles. The number of aromatic nitrogens is 2. The molecule has 0 saturated heterocycles. The van der Waals surface area contributed by atoms with Gasteiger partial charge < -0.3 is 19.9 Å². The van der Waals surface area contributed by atoms with E-state index in [1.807, 2.05) is 73.3 Å². The number of imidazole rings is 1. The predicted molar refractivity (Wildman–Crippen MR) is 122 cm³/mol. The third kappa shape index (κ3) is 5.88. The molecule has 0 saturated carbocycles. The number of nitrogens with zero attached hydrogens (tertiary/aromatic N) is 2. The first-order chi connectivity index (χ1) is 14.9. The molecule has 2 atom stereocenters. The lowest BCUT2D eigenvalue weighted by Crippen LogP contribution is -2.36. The highest BCUT2D eigenvalue weighted by atomic mass is 32.2. The molecule has 0 aliphatic heterocycles. The topological polar surface area (TPSA) is 85.2 Å². The number of benzene rings is 2. The summed E-state index contributed by atoms with van der Waals surface area (Å²) in [5.41, 5.74) is 1.61. The molecule has 0 radical (unpaired) electrons. The number of carbonyl (C=O) groups excluding carboxylic acids is 2. The normalized spacial score (nSPS) is 12.6. The van der Waals surface area contributed by atoms with Gasteiger partial charge in [0.15, 0.2) is 0 Å². The zero-order valence-electron chi connectivity index (χ0n) is 18.0. The second-order valence-corrected chi connectivity index (χ2v) is 8.49. The molecule has 2 N–H and O–H groups in total. The molecular weight excluding hydrogens is 412 g/mol. The molecule has 2 amide bonds. The Hall–Kier alpha value is -3.26. The molecule has 0 bridgehead atoms. The molecule has 3 rings (SSSR count). The van der Waals surface area contributed by atoms with Crippen LogP contribution in [0.1, 0.15) is 31.3 Å². The fourth-order valence-corrected chi connectivity index (χ4v) is 3.99. The van der Waals surface area contributed by atoms with Crippen LogP contribution in [0.5, 0.6) is 5.75 Å². The molecule has 2 unspecified atom stereocenters. The summed E-state index contributed by atoms with van der Waals surface area (Å²) in [5.74, 6) is 1.23. The average molecular weight is 439 g/mol. The van der Waals surface area contributed by atoms with Gasteiger partial charge in [-0.25, -0.2) is 4.98 Å². The maximum atomic E-state index is 13.0. The van der Waals surface area contributed by atoms with Crippen LogP contribution in [0.4, 0.5) is 5.69 Å². The number of anilines is 1. The van der Waals surface area contributed by atoms with Crippen molar-refractivity contribution in [3.8, 4) is 5.75 Å². The minimum absolute atomic E-state index is 0.105. The molecule has 31 heavy (non-hydrogen) atoms. The fraction of sp³-hybridized carbons (Fsp3) is 0.261. The Bertz CT molecular complexity index is 1050. The van der Waals surface area contributed by atoms with Crippen LogP contribution in [-0.4, -0.2) is 33.7 Å². The highest BCUT2D eigenvalue weighted by Crippen LogP contribution is 2.28. The summed E-state index contributed by atoms with van der Waals surface area (Å²) in [6, 6.07) is 14.6. The van der Waals surface area contributed by atoms with E-state index in [0.717, 1.165) is 22.0 Å². The Kier molecular flexibility index (Phi) is 7.36. The third-order valence-corrected chi connectivity index (χ3v) is 5.80. The maximum absolute atomic E-state index is 13.0. The number of nitrogens with one attached hydrogen (secondary N) is 2. The first-order valence-corrected chi connectivity index (χ1v) is 10.7. The van der Waals surface area contributed by atoms with Crippen LogP contribution in [0.25, 0.3) is 0 Å². The number of ether oxygens (including phenoxy) is 1. The molecule has 3 aromatic rings. The molecule has 1 aromatic heterocycles. The minimum Gasteiger partial charge on any atom is -0.497 e. The van der Waals surface area contributed by atoms with Crippen LogP contribution in [0.15, 0.2) is 65.8 Å². The van der Waals surface area contributed by atoms with Gasteiger partial charge in [-0.2, -0.15) is 0 Å². The standard InChI is InChI=1S/C23H26N4O3S/c1-15(31-20-10-8-18(9-11-20)25-16(2)28)23(29)26-21(22-24-12-13-27(22)3)17-6-5-7-19(14-17)30-4/h5-15,21H,1-4H3,(H,25,28)(H,26,29). The monoisotopic (exact) mass is 438 g/mol. The molecule has 162 valence electrons. The lowest BCUT2D eigenvalue weighted by atomic mass is 10.1. The van der Waals surface area contributed by atoms with E-state index in [4.69, 9.17) is 4.74 Å². The number of methoxy groups -OCH3 is 1. The van der Waals surface area contributed by atoms with Crippen LogP contribution >= 0.6 is 11.8 Å². The number of rotatable bonds is 8. The van der Waals surface area contributed by atoms with Crippen LogP contribution in [0.2, 0.25) is 0 Å². The molecule has 7 nitrogen and oxygen atoms in total. The summed E-state index contributed by atoms with van der Waals surface area (Å²) in [7, 11) is 3.51. The smallest absolute Gasteiger partial charge is 0.234 e. The van der Waals surface area contributed by atoms with Gasteiger partial charge in [-0.15, -0.1) is 11.8 Å². The molecular formula is C23H26N4O3S. The van der Waals surface area contributed by atoms with Crippen molar-refractivity contribution >= 4 is 29.3 Å². The summed E-state index contributed by atoms with van der Waals surface area (Å²) in [6.07, 6.45) is 3.56. The van der Waals surface area contributed by atoms with Crippen molar-refractivity contribution in [2.24, 2.45) is 7.05 Å². The van der Waals surface area contributed by atoms with Crippen LogP contribution in [-0.2, 0) is 16.6 Å². The summed E-state index contributed by atoms with van der Waals surface area (Å²) < 4.78 is 7.24. The zero-order valence-corrected chi connectivity index (χ0v) is 18.8. The molecule has 0 fully saturated rings. The Balaban J connectivity index is 1.75. The first kappa shape index (κ1) is 22.4. The van der Waals surface area contributed by atoms with Crippen molar-refractivity contribution in [2.75, 3.05) is 12.4 Å². The van der Waals surface area contributed by atoms with Crippen molar-refractivity contribution in [1.82, 2.24) is 14.9 Å². The molecule has 1 heterocycles. The number of carbonyl (C=O) groups is 2. The Morgan fingerprint density at radius 2 is 1.90 bits per heavy atom. The lowest BCUT2D eigenvalue weighted by molar-refractivity contribution is -0.120. The van der Waals surface area contributed by atoms with Gasteiger partial charge in [0.2, 0.25) is 11.8 Å². The van der Waals surface area contributed by atoms with E-state index in [1.165, 1.54) is 18.7 Å². The van der Waals surface area contributed by atoms with Gasteiger partial charge in [0.1, 0.15) is 17.6 Å². The zero-order chi connectivity index (χ0) is 22.4. The van der Waals surface area contributed by atoms with Crippen molar-refractivity contribution in [1.29, 1.82) is 0 Å². The maximum Gasteiger partial charge on any atom is 0.234 e. The second kappa shape index (κ2) is 10.2. The Morgan fingerprint density at radius 1 is 1.16 bits per heavy atom. The number of thioether (sulfide) groups is 1. The van der Waals surface area contributed by atoms with Gasteiger partial charge in [0, 0.05) is 36.9 Å². The van der Waals surface area contributed by atoms with Gasteiger partial charge in [0.25, 0.3) is 0 Å². The van der Waals surface area contributed by atoms with E-state index >= 15 is 0 Å². The molecule has 8 heteroatoms. The quantitative estimate of drug-likeness (QED) is 0.523. The van der Waals surface area contributed by atoms with Gasteiger partial charge >= 0.3 is 0 Å². The summed E-state index contributed by atoms with van der Waals surface area (Å²) in [5, 5.41) is 5.53. The van der Waals surface area contributed by atoms with E-state index in [9.17, 15) is 9.59 Å². The first-order valence-electron chi connectivity index (χ1n) is 9.83. The fourth-order valence-electron chi connectivity index (χ4n) is 3.11. The summed E-state index contributed by atoms with van der Waals surface area (Å²) >= 11 is 1.45. The van der Waals surface area contributed by atoms with Crippen LogP contribution < -0.4 is 15.4 Å². The second-order valence-electron chi connectivity index (χ2n) is 7.08. The average Bonchev–Trinajstić information content (AvgIpc) is 3.18. The third-order valence-electron chi connectivity index (χ3n) is 4.69. The van der Waals surface area contributed by atoms with Crippen LogP contribution in [0.3, 0.4) is 0 Å². The van der Waals surface area contributed by atoms with E-state index in [0.29, 0.717) is 5.75 Å². The van der Waals surface area contributed by atoms with E-state index in [1.54, 1.807) is 13.3 Å². The lowest BCUT2D eigenvalue weighted by Gasteiger charge is -2.22. The SMILES string of the molecule is COc1cccc(C(NC(=O)C(C)Sc2ccc(NC(C)=O)cc2)c2nccn2C)c1. The van der Waals surface area contributed by atoms with E-state index < -0.39 is 6.04 Å². The number of hydrogen-bond acceptors (Lipinski definition) is 5. The number of hydrogen-bond donors (Lipinski definition) is 2. The van der Waals surface area contributed by atoms with Crippen LogP contribution in [0, 0.1) is 0 Å². The van der Waals surface area contributed by atoms with E-state index in [2.05, 4.69) is 15.6 Å². The highest BCUT2D eigenvalue weighted by Gasteiger charge is 2.24. The molecule has 0 spiro atoms. The van der Waals surface area contributed by atoms with Gasteiger partial charge in [0.05, 0.1) is 12.4 Å². The highest BCUT2D eigenvalue weighted by molar-refractivity contribution is 8.00. The Morgan fingerprint density at radius 3 is 2.52 bits per heavy atom. The van der Waals surface area contributed by atoms with Crippen molar-refractivity contribution < 1.29 is 14.3 Å². The summed E-state index contributed by atoms with van der Waals surface area (Å²) in [6.45, 7) is 3.33. The largest absolute Gasteiger partial charge is 0.497 e. The van der Waals surface area contributed by atoms with Crippen molar-refractivity contribution in [3.05, 3.63) is 72.3 Å². The van der Waals surface area contributed by atoms with Gasteiger partial charge in [-0.1, -0.05) is 12.1 Å². The minimum atomic E-state index is -0.409. The number of amides is 2.